The second kappa shape index (κ2) is 9.37. The SMILES string of the molecule is CC(C)(C)OC(=O)NCc1cc(F)cc(C(C=Nc2ccc(Cl)cc2)=CN)c1. The maximum Gasteiger partial charge on any atom is 0.407 e. The van der Waals surface area contributed by atoms with Gasteiger partial charge in [0.15, 0.2) is 0 Å². The van der Waals surface area contributed by atoms with E-state index in [1.807, 2.05) is 0 Å². The Balaban J connectivity index is 2.13. The highest BCUT2D eigenvalue weighted by Gasteiger charge is 2.16. The average molecular weight is 404 g/mol. The van der Waals surface area contributed by atoms with Crippen LogP contribution in [0.5, 0.6) is 0 Å². The monoisotopic (exact) mass is 403 g/mol. The fraction of sp³-hybridized carbons (Fsp3) is 0.238. The molecule has 0 atom stereocenters. The molecule has 0 aliphatic rings. The van der Waals surface area contributed by atoms with E-state index in [0.29, 0.717) is 27.4 Å². The summed E-state index contributed by atoms with van der Waals surface area (Å²) in [5, 5.41) is 3.22. The van der Waals surface area contributed by atoms with Crippen molar-refractivity contribution in [2.75, 3.05) is 0 Å². The van der Waals surface area contributed by atoms with E-state index in [1.165, 1.54) is 18.3 Å². The number of amides is 1. The molecule has 0 radical (unpaired) electrons. The Morgan fingerprint density at radius 3 is 2.54 bits per heavy atom. The largest absolute Gasteiger partial charge is 0.444 e. The first kappa shape index (κ1) is 21.4. The van der Waals surface area contributed by atoms with Gasteiger partial charge in [0.25, 0.3) is 0 Å². The van der Waals surface area contributed by atoms with Crippen molar-refractivity contribution in [1.29, 1.82) is 0 Å². The Bertz CT molecular complexity index is 888. The Kier molecular flexibility index (Phi) is 7.18. The van der Waals surface area contributed by atoms with Crippen LogP contribution < -0.4 is 11.1 Å². The second-order valence-corrected chi connectivity index (χ2v) is 7.50. The zero-order chi connectivity index (χ0) is 20.7. The highest BCUT2D eigenvalue weighted by atomic mass is 35.5. The van der Waals surface area contributed by atoms with E-state index in [9.17, 15) is 9.18 Å². The number of hydrogen-bond acceptors (Lipinski definition) is 4. The number of rotatable bonds is 5. The normalized spacial score (nSPS) is 12.2. The number of carbonyl (C=O) groups is 1. The van der Waals surface area contributed by atoms with Crippen LogP contribution in [0.25, 0.3) is 5.57 Å². The minimum absolute atomic E-state index is 0.117. The molecule has 0 spiro atoms. The molecule has 0 fully saturated rings. The van der Waals surface area contributed by atoms with Gasteiger partial charge in [-0.05, 0) is 74.4 Å². The highest BCUT2D eigenvalue weighted by Crippen LogP contribution is 2.20. The summed E-state index contributed by atoms with van der Waals surface area (Å²) in [7, 11) is 0. The van der Waals surface area contributed by atoms with Crippen LogP contribution in [0.1, 0.15) is 31.9 Å². The first-order valence-corrected chi connectivity index (χ1v) is 9.02. The van der Waals surface area contributed by atoms with Crippen LogP contribution >= 0.6 is 11.6 Å². The van der Waals surface area contributed by atoms with E-state index in [0.717, 1.165) is 0 Å². The van der Waals surface area contributed by atoms with Crippen molar-refractivity contribution in [3.8, 4) is 0 Å². The Labute approximate surface area is 169 Å². The maximum absolute atomic E-state index is 14.1. The van der Waals surface area contributed by atoms with E-state index in [2.05, 4.69) is 10.3 Å². The quantitative estimate of drug-likeness (QED) is 0.673. The highest BCUT2D eigenvalue weighted by molar-refractivity contribution is 6.30. The summed E-state index contributed by atoms with van der Waals surface area (Å²) in [4.78, 5) is 16.1. The van der Waals surface area contributed by atoms with Crippen LogP contribution in [-0.2, 0) is 11.3 Å². The summed E-state index contributed by atoms with van der Waals surface area (Å²) in [6.45, 7) is 5.42. The van der Waals surface area contributed by atoms with E-state index < -0.39 is 17.5 Å². The van der Waals surface area contributed by atoms with Gasteiger partial charge < -0.3 is 15.8 Å². The van der Waals surface area contributed by atoms with Crippen molar-refractivity contribution in [2.45, 2.75) is 32.9 Å². The van der Waals surface area contributed by atoms with Gasteiger partial charge in [0.2, 0.25) is 0 Å². The third-order valence-corrected chi connectivity index (χ3v) is 3.74. The Morgan fingerprint density at radius 2 is 1.93 bits per heavy atom. The van der Waals surface area contributed by atoms with Crippen LogP contribution in [0, 0.1) is 5.82 Å². The number of aliphatic imine (C=N–C) groups is 1. The number of benzene rings is 2. The molecular formula is C21H23ClFN3O2. The molecular weight excluding hydrogens is 381 g/mol. The van der Waals surface area contributed by atoms with E-state index in [-0.39, 0.29) is 6.54 Å². The van der Waals surface area contributed by atoms with E-state index in [4.69, 9.17) is 22.1 Å². The number of carbonyl (C=O) groups excluding carboxylic acids is 1. The third-order valence-electron chi connectivity index (χ3n) is 3.49. The number of nitrogens with two attached hydrogens (primary N) is 1. The van der Waals surface area contributed by atoms with Crippen LogP contribution in [0.15, 0.2) is 53.7 Å². The van der Waals surface area contributed by atoms with Gasteiger partial charge in [-0.3, -0.25) is 4.99 Å². The summed E-state index contributed by atoms with van der Waals surface area (Å²) in [5.74, 6) is -0.447. The third kappa shape index (κ3) is 7.04. The van der Waals surface area contributed by atoms with Crippen LogP contribution in [0.3, 0.4) is 0 Å². The van der Waals surface area contributed by atoms with Gasteiger partial charge >= 0.3 is 6.09 Å². The predicted octanol–water partition coefficient (Wildman–Crippen LogP) is 5.21. The summed E-state index contributed by atoms with van der Waals surface area (Å²) in [5.41, 5.74) is 7.43. The lowest BCUT2D eigenvalue weighted by atomic mass is 10.0. The number of halogens is 2. The van der Waals surface area contributed by atoms with Gasteiger partial charge in [0.05, 0.1) is 5.69 Å². The van der Waals surface area contributed by atoms with Crippen LogP contribution in [-0.4, -0.2) is 17.9 Å². The molecule has 28 heavy (non-hydrogen) atoms. The average Bonchev–Trinajstić information content (AvgIpc) is 2.60. The molecule has 5 nitrogen and oxygen atoms in total. The molecule has 0 unspecified atom stereocenters. The van der Waals surface area contributed by atoms with Crippen molar-refractivity contribution in [2.24, 2.45) is 10.7 Å². The van der Waals surface area contributed by atoms with Crippen molar-refractivity contribution in [3.05, 3.63) is 70.6 Å². The zero-order valence-electron chi connectivity index (χ0n) is 16.0. The summed E-state index contributed by atoms with van der Waals surface area (Å²) < 4.78 is 19.2. The molecule has 2 aromatic rings. The molecule has 7 heteroatoms. The number of nitrogens with zero attached hydrogens (tertiary/aromatic N) is 1. The lowest BCUT2D eigenvalue weighted by Crippen LogP contribution is -2.32. The lowest BCUT2D eigenvalue weighted by molar-refractivity contribution is 0.0523. The topological polar surface area (TPSA) is 76.7 Å². The summed E-state index contributed by atoms with van der Waals surface area (Å²) in [6.07, 6.45) is 2.32. The maximum atomic E-state index is 14.1. The zero-order valence-corrected chi connectivity index (χ0v) is 16.8. The molecule has 0 aliphatic carbocycles. The fourth-order valence-electron chi connectivity index (χ4n) is 2.29. The van der Waals surface area contributed by atoms with Crippen molar-refractivity contribution >= 4 is 35.2 Å². The first-order chi connectivity index (χ1) is 13.2. The molecule has 3 N–H and O–H groups in total. The minimum Gasteiger partial charge on any atom is -0.444 e. The molecule has 0 bridgehead atoms. The second-order valence-electron chi connectivity index (χ2n) is 7.06. The van der Waals surface area contributed by atoms with Gasteiger partial charge in [-0.25, -0.2) is 9.18 Å². The Hall–Kier alpha value is -2.86. The molecule has 2 rings (SSSR count). The van der Waals surface area contributed by atoms with Gasteiger partial charge in [-0.15, -0.1) is 0 Å². The number of hydrogen-bond donors (Lipinski definition) is 2. The molecule has 0 saturated heterocycles. The summed E-state index contributed by atoms with van der Waals surface area (Å²) >= 11 is 5.86. The molecule has 148 valence electrons. The number of alkyl carbamates (subject to hydrolysis) is 1. The van der Waals surface area contributed by atoms with E-state index >= 15 is 0 Å². The molecule has 0 aliphatic heterocycles. The van der Waals surface area contributed by atoms with Crippen molar-refractivity contribution < 1.29 is 13.9 Å². The standard InChI is InChI=1S/C21H23ClFN3O2/c1-21(2,3)28-20(27)26-12-14-8-15(10-18(23)9-14)16(11-24)13-25-19-6-4-17(22)5-7-19/h4-11,13H,12,24H2,1-3H3,(H,26,27). The van der Waals surface area contributed by atoms with Crippen molar-refractivity contribution in [1.82, 2.24) is 5.32 Å². The molecule has 0 aromatic heterocycles. The van der Waals surface area contributed by atoms with Crippen LogP contribution in [0.4, 0.5) is 14.9 Å². The number of ether oxygens (including phenoxy) is 1. The number of nitrogens with one attached hydrogen (secondary N) is 1. The molecule has 0 saturated carbocycles. The minimum atomic E-state index is -0.606. The molecule has 1 amide bonds. The predicted molar refractivity (Wildman–Crippen MR) is 111 cm³/mol. The smallest absolute Gasteiger partial charge is 0.407 e. The van der Waals surface area contributed by atoms with Gasteiger partial charge in [-0.2, -0.15) is 0 Å². The van der Waals surface area contributed by atoms with Crippen molar-refractivity contribution in [3.63, 3.8) is 0 Å². The molecule has 0 heterocycles. The molecule has 2 aromatic carbocycles. The lowest BCUT2D eigenvalue weighted by Gasteiger charge is -2.19. The van der Waals surface area contributed by atoms with Gasteiger partial charge in [-0.1, -0.05) is 11.6 Å². The summed E-state index contributed by atoms with van der Waals surface area (Å²) in [6, 6.07) is 11.4. The number of allylic oxidation sites excluding steroid dienone is 1. The van der Waals surface area contributed by atoms with Gasteiger partial charge in [0.1, 0.15) is 11.4 Å². The fourth-order valence-corrected chi connectivity index (χ4v) is 2.42. The van der Waals surface area contributed by atoms with E-state index in [1.54, 1.807) is 57.3 Å². The first-order valence-electron chi connectivity index (χ1n) is 8.64. The Morgan fingerprint density at radius 1 is 1.25 bits per heavy atom. The van der Waals surface area contributed by atoms with Crippen LogP contribution in [0.2, 0.25) is 5.02 Å². The van der Waals surface area contributed by atoms with Gasteiger partial charge in [0, 0.05) is 29.6 Å².